The van der Waals surface area contributed by atoms with E-state index in [0.29, 0.717) is 21.3 Å². The van der Waals surface area contributed by atoms with Gasteiger partial charge in [0, 0.05) is 12.6 Å². The number of benzene rings is 2. The highest BCUT2D eigenvalue weighted by Gasteiger charge is 2.30. The van der Waals surface area contributed by atoms with E-state index in [2.05, 4.69) is 5.32 Å². The van der Waals surface area contributed by atoms with Crippen LogP contribution in [-0.2, 0) is 26.2 Å². The lowest BCUT2D eigenvalue weighted by atomic mass is 10.1. The van der Waals surface area contributed by atoms with Crippen molar-refractivity contribution >= 4 is 50.7 Å². The van der Waals surface area contributed by atoms with E-state index in [1.165, 1.54) is 4.90 Å². The van der Waals surface area contributed by atoms with Crippen LogP contribution in [0.4, 0.5) is 5.69 Å². The molecule has 0 aromatic heterocycles. The van der Waals surface area contributed by atoms with Crippen molar-refractivity contribution in [2.24, 2.45) is 0 Å². The Morgan fingerprint density at radius 1 is 1.03 bits per heavy atom. The van der Waals surface area contributed by atoms with Crippen LogP contribution in [0.3, 0.4) is 0 Å². The number of hydrogen-bond donors (Lipinski definition) is 1. The molecule has 2 atom stereocenters. The molecule has 7 nitrogen and oxygen atoms in total. The second-order valence-corrected chi connectivity index (χ2v) is 10.6. The van der Waals surface area contributed by atoms with Gasteiger partial charge in [0.2, 0.25) is 21.8 Å². The highest BCUT2D eigenvalue weighted by atomic mass is 35.5. The largest absolute Gasteiger partial charge is 0.352 e. The van der Waals surface area contributed by atoms with Crippen molar-refractivity contribution in [1.82, 2.24) is 10.2 Å². The average Bonchev–Trinajstić information content (AvgIpc) is 2.77. The van der Waals surface area contributed by atoms with Gasteiger partial charge in [0.15, 0.2) is 0 Å². The van der Waals surface area contributed by atoms with Crippen LogP contribution in [0.2, 0.25) is 10.0 Å². The third-order valence-corrected chi connectivity index (χ3v) is 7.11. The van der Waals surface area contributed by atoms with E-state index in [0.717, 1.165) is 17.0 Å². The number of rotatable bonds is 10. The van der Waals surface area contributed by atoms with Gasteiger partial charge in [-0.1, -0.05) is 54.4 Å². The molecule has 2 rings (SSSR count). The summed E-state index contributed by atoms with van der Waals surface area (Å²) in [6, 6.07) is 12.4. The standard InChI is InChI=1S/C23H29Cl2N3O4S/c1-5-16(2)26-23(30)17(3)27(14-18-11-12-20(24)21(25)13-18)22(29)15-28(33(4,31)32)19-9-7-6-8-10-19/h6-13,16-17H,5,14-15H2,1-4H3,(H,26,30). The molecule has 0 spiro atoms. The number of carbonyl (C=O) groups is 2. The van der Waals surface area contributed by atoms with Crippen LogP contribution in [0.1, 0.15) is 32.8 Å². The Kier molecular flexibility index (Phi) is 9.57. The fourth-order valence-electron chi connectivity index (χ4n) is 3.09. The van der Waals surface area contributed by atoms with Gasteiger partial charge in [-0.15, -0.1) is 0 Å². The van der Waals surface area contributed by atoms with E-state index in [4.69, 9.17) is 23.2 Å². The Bertz CT molecular complexity index is 1080. The third kappa shape index (κ3) is 7.62. The van der Waals surface area contributed by atoms with Gasteiger partial charge in [-0.25, -0.2) is 8.42 Å². The molecule has 180 valence electrons. The number of para-hydroxylation sites is 1. The van der Waals surface area contributed by atoms with Crippen molar-refractivity contribution in [3.8, 4) is 0 Å². The van der Waals surface area contributed by atoms with Gasteiger partial charge in [0.1, 0.15) is 12.6 Å². The molecule has 0 heterocycles. The van der Waals surface area contributed by atoms with Crippen LogP contribution in [-0.4, -0.2) is 50.0 Å². The Morgan fingerprint density at radius 3 is 2.21 bits per heavy atom. The van der Waals surface area contributed by atoms with Crippen molar-refractivity contribution in [2.75, 3.05) is 17.1 Å². The zero-order valence-corrected chi connectivity index (χ0v) is 21.4. The van der Waals surface area contributed by atoms with E-state index >= 15 is 0 Å². The molecule has 0 aliphatic heterocycles. The van der Waals surface area contributed by atoms with E-state index < -0.39 is 28.5 Å². The molecule has 2 unspecified atom stereocenters. The number of nitrogens with one attached hydrogen (secondary N) is 1. The SMILES string of the molecule is CCC(C)NC(=O)C(C)N(Cc1ccc(Cl)c(Cl)c1)C(=O)CN(c1ccccc1)S(C)(=O)=O. The van der Waals surface area contributed by atoms with Crippen molar-refractivity contribution < 1.29 is 18.0 Å². The number of carbonyl (C=O) groups excluding carboxylic acids is 2. The summed E-state index contributed by atoms with van der Waals surface area (Å²) in [6.07, 6.45) is 1.77. The second kappa shape index (κ2) is 11.7. The minimum absolute atomic E-state index is 0.0528. The summed E-state index contributed by atoms with van der Waals surface area (Å²) in [5, 5.41) is 3.56. The van der Waals surface area contributed by atoms with Gasteiger partial charge in [-0.3, -0.25) is 13.9 Å². The third-order valence-electron chi connectivity index (χ3n) is 5.23. The predicted molar refractivity (Wildman–Crippen MR) is 133 cm³/mol. The summed E-state index contributed by atoms with van der Waals surface area (Å²) >= 11 is 12.1. The molecule has 2 aromatic rings. The smallest absolute Gasteiger partial charge is 0.244 e. The monoisotopic (exact) mass is 513 g/mol. The number of hydrogen-bond acceptors (Lipinski definition) is 4. The van der Waals surface area contributed by atoms with E-state index in [1.807, 2.05) is 13.8 Å². The molecule has 0 aliphatic carbocycles. The van der Waals surface area contributed by atoms with Crippen LogP contribution in [0.5, 0.6) is 0 Å². The number of halogens is 2. The van der Waals surface area contributed by atoms with Gasteiger partial charge in [0.25, 0.3) is 0 Å². The summed E-state index contributed by atoms with van der Waals surface area (Å²) in [4.78, 5) is 27.6. The normalized spacial score (nSPS) is 13.2. The summed E-state index contributed by atoms with van der Waals surface area (Å²) < 4.78 is 25.9. The zero-order valence-electron chi connectivity index (χ0n) is 19.1. The Labute approximate surface area is 205 Å². The molecule has 10 heteroatoms. The van der Waals surface area contributed by atoms with Crippen molar-refractivity contribution in [3.63, 3.8) is 0 Å². The average molecular weight is 514 g/mol. The molecule has 2 aromatic carbocycles. The first kappa shape index (κ1) is 27.0. The maximum Gasteiger partial charge on any atom is 0.244 e. The van der Waals surface area contributed by atoms with Crippen molar-refractivity contribution in [3.05, 3.63) is 64.1 Å². The Hall–Kier alpha value is -2.29. The van der Waals surface area contributed by atoms with Gasteiger partial charge >= 0.3 is 0 Å². The number of amides is 2. The molecule has 1 N–H and O–H groups in total. The van der Waals surface area contributed by atoms with Crippen LogP contribution < -0.4 is 9.62 Å². The lowest BCUT2D eigenvalue weighted by molar-refractivity contribution is -0.139. The highest BCUT2D eigenvalue weighted by Crippen LogP contribution is 2.24. The van der Waals surface area contributed by atoms with Crippen molar-refractivity contribution in [1.29, 1.82) is 0 Å². The molecule has 33 heavy (non-hydrogen) atoms. The minimum Gasteiger partial charge on any atom is -0.352 e. The maximum absolute atomic E-state index is 13.4. The molecule has 0 saturated carbocycles. The van der Waals surface area contributed by atoms with Crippen molar-refractivity contribution in [2.45, 2.75) is 45.8 Å². The van der Waals surface area contributed by atoms with Crippen LogP contribution >= 0.6 is 23.2 Å². The molecule has 0 saturated heterocycles. The number of anilines is 1. The Balaban J connectivity index is 2.38. The summed E-state index contributed by atoms with van der Waals surface area (Å²) in [5.74, 6) is -0.856. The molecule has 0 fully saturated rings. The van der Waals surface area contributed by atoms with Gasteiger partial charge < -0.3 is 10.2 Å². The maximum atomic E-state index is 13.4. The molecule has 2 amide bonds. The van der Waals surface area contributed by atoms with Gasteiger partial charge in [-0.05, 0) is 50.1 Å². The molecule has 0 bridgehead atoms. The summed E-state index contributed by atoms with van der Waals surface area (Å²) in [7, 11) is -3.75. The topological polar surface area (TPSA) is 86.8 Å². The minimum atomic E-state index is -3.75. The number of sulfonamides is 1. The quantitative estimate of drug-likeness (QED) is 0.518. The first-order valence-electron chi connectivity index (χ1n) is 10.5. The summed E-state index contributed by atoms with van der Waals surface area (Å²) in [6.45, 7) is 5.03. The molecular weight excluding hydrogens is 485 g/mol. The summed E-state index contributed by atoms with van der Waals surface area (Å²) in [5.41, 5.74) is 1.02. The van der Waals surface area contributed by atoms with E-state index in [-0.39, 0.29) is 18.5 Å². The van der Waals surface area contributed by atoms with Crippen LogP contribution in [0.15, 0.2) is 48.5 Å². The fourth-order valence-corrected chi connectivity index (χ4v) is 4.26. The van der Waals surface area contributed by atoms with Gasteiger partial charge in [0.05, 0.1) is 22.0 Å². The Morgan fingerprint density at radius 2 is 1.67 bits per heavy atom. The van der Waals surface area contributed by atoms with Crippen LogP contribution in [0, 0.1) is 0 Å². The van der Waals surface area contributed by atoms with E-state index in [9.17, 15) is 18.0 Å². The van der Waals surface area contributed by atoms with Gasteiger partial charge in [-0.2, -0.15) is 0 Å². The molecule has 0 aliphatic rings. The molecular formula is C23H29Cl2N3O4S. The second-order valence-electron chi connectivity index (χ2n) is 7.87. The van der Waals surface area contributed by atoms with E-state index in [1.54, 1.807) is 55.5 Å². The first-order valence-corrected chi connectivity index (χ1v) is 13.1. The molecule has 0 radical (unpaired) electrons. The number of nitrogens with zero attached hydrogens (tertiary/aromatic N) is 2. The first-order chi connectivity index (χ1) is 15.4. The zero-order chi connectivity index (χ0) is 24.8. The lowest BCUT2D eigenvalue weighted by Gasteiger charge is -2.32. The lowest BCUT2D eigenvalue weighted by Crippen LogP contribution is -2.52. The van der Waals surface area contributed by atoms with Crippen LogP contribution in [0.25, 0.3) is 0 Å². The fraction of sp³-hybridized carbons (Fsp3) is 0.391. The predicted octanol–water partition coefficient (Wildman–Crippen LogP) is 4.09. The highest BCUT2D eigenvalue weighted by molar-refractivity contribution is 7.92.